The van der Waals surface area contributed by atoms with Gasteiger partial charge in [-0.05, 0) is 49.6 Å². The van der Waals surface area contributed by atoms with Crippen LogP contribution in [0, 0.1) is 6.92 Å². The van der Waals surface area contributed by atoms with E-state index in [1.807, 2.05) is 37.3 Å². The van der Waals surface area contributed by atoms with E-state index in [1.54, 1.807) is 0 Å². The van der Waals surface area contributed by atoms with E-state index in [-0.39, 0.29) is 6.04 Å². The van der Waals surface area contributed by atoms with Crippen molar-refractivity contribution in [3.63, 3.8) is 0 Å². The largest absolute Gasteiger partial charge is 0.490 e. The van der Waals surface area contributed by atoms with Gasteiger partial charge in [-0.3, -0.25) is 0 Å². The fourth-order valence-electron chi connectivity index (χ4n) is 3.21. The molecule has 0 spiro atoms. The Bertz CT molecular complexity index is 927. The van der Waals surface area contributed by atoms with E-state index in [0.29, 0.717) is 36.3 Å². The van der Waals surface area contributed by atoms with Gasteiger partial charge in [-0.1, -0.05) is 71.8 Å². The molecule has 29 heavy (non-hydrogen) atoms. The van der Waals surface area contributed by atoms with Crippen LogP contribution >= 0.6 is 11.6 Å². The summed E-state index contributed by atoms with van der Waals surface area (Å²) < 4.78 is 11.9. The van der Waals surface area contributed by atoms with Crippen molar-refractivity contribution < 1.29 is 9.47 Å². The maximum absolute atomic E-state index is 6.57. The molecule has 0 fully saturated rings. The van der Waals surface area contributed by atoms with Crippen molar-refractivity contribution in [2.45, 2.75) is 40.0 Å². The zero-order valence-corrected chi connectivity index (χ0v) is 18.0. The zero-order valence-electron chi connectivity index (χ0n) is 17.2. The highest BCUT2D eigenvalue weighted by Crippen LogP contribution is 2.37. The lowest BCUT2D eigenvalue weighted by Gasteiger charge is -2.18. The van der Waals surface area contributed by atoms with Crippen LogP contribution < -0.4 is 14.8 Å². The first-order valence-corrected chi connectivity index (χ1v) is 10.4. The van der Waals surface area contributed by atoms with Gasteiger partial charge in [-0.15, -0.1) is 0 Å². The maximum atomic E-state index is 6.57. The molecule has 0 heterocycles. The van der Waals surface area contributed by atoms with Crippen molar-refractivity contribution in [1.29, 1.82) is 0 Å². The van der Waals surface area contributed by atoms with E-state index in [2.05, 4.69) is 55.6 Å². The van der Waals surface area contributed by atoms with Crippen LogP contribution in [0.25, 0.3) is 0 Å². The summed E-state index contributed by atoms with van der Waals surface area (Å²) in [6.45, 7) is 7.87. The molecule has 3 aromatic rings. The first kappa shape index (κ1) is 21.2. The second-order valence-corrected chi connectivity index (χ2v) is 7.54. The third-order valence-electron chi connectivity index (χ3n) is 4.75. The second-order valence-electron chi connectivity index (χ2n) is 7.13. The first-order valence-electron chi connectivity index (χ1n) is 9.98. The minimum Gasteiger partial charge on any atom is -0.490 e. The molecule has 3 rings (SSSR count). The van der Waals surface area contributed by atoms with Crippen LogP contribution in [0.3, 0.4) is 0 Å². The Kier molecular flexibility index (Phi) is 7.56. The van der Waals surface area contributed by atoms with E-state index in [9.17, 15) is 0 Å². The maximum Gasteiger partial charge on any atom is 0.180 e. The van der Waals surface area contributed by atoms with Gasteiger partial charge in [0.1, 0.15) is 6.61 Å². The quantitative estimate of drug-likeness (QED) is 0.439. The Hall–Kier alpha value is -2.49. The molecule has 3 nitrogen and oxygen atoms in total. The number of aryl methyl sites for hydroxylation is 1. The molecule has 1 atom stereocenters. The number of benzene rings is 3. The van der Waals surface area contributed by atoms with Crippen molar-refractivity contribution in [3.05, 3.63) is 94.0 Å². The topological polar surface area (TPSA) is 30.5 Å². The fraction of sp³-hybridized carbons (Fsp3) is 0.280. The third kappa shape index (κ3) is 5.99. The van der Waals surface area contributed by atoms with Crippen molar-refractivity contribution in [2.24, 2.45) is 0 Å². The predicted molar refractivity (Wildman–Crippen MR) is 120 cm³/mol. The van der Waals surface area contributed by atoms with Crippen LogP contribution in [-0.4, -0.2) is 6.61 Å². The van der Waals surface area contributed by atoms with Gasteiger partial charge in [0.15, 0.2) is 11.5 Å². The summed E-state index contributed by atoms with van der Waals surface area (Å²) in [6.07, 6.45) is 0. The minimum absolute atomic E-state index is 0.239. The summed E-state index contributed by atoms with van der Waals surface area (Å²) in [5, 5.41) is 4.10. The summed E-state index contributed by atoms with van der Waals surface area (Å²) in [7, 11) is 0. The smallest absolute Gasteiger partial charge is 0.180 e. The molecule has 0 aromatic heterocycles. The van der Waals surface area contributed by atoms with Gasteiger partial charge >= 0.3 is 0 Å². The Balaban J connectivity index is 1.71. The van der Waals surface area contributed by atoms with Crippen molar-refractivity contribution in [2.75, 3.05) is 6.61 Å². The third-order valence-corrected chi connectivity index (χ3v) is 5.03. The first-order chi connectivity index (χ1) is 14.1. The average molecular weight is 410 g/mol. The van der Waals surface area contributed by atoms with Crippen LogP contribution in [0.1, 0.15) is 42.1 Å². The van der Waals surface area contributed by atoms with Gasteiger partial charge in [0.2, 0.25) is 0 Å². The number of hydrogen-bond donors (Lipinski definition) is 1. The molecule has 0 aliphatic carbocycles. The van der Waals surface area contributed by atoms with Crippen LogP contribution in [-0.2, 0) is 13.2 Å². The highest BCUT2D eigenvalue weighted by molar-refractivity contribution is 6.32. The molecule has 0 radical (unpaired) electrons. The highest BCUT2D eigenvalue weighted by atomic mass is 35.5. The monoisotopic (exact) mass is 409 g/mol. The lowest BCUT2D eigenvalue weighted by Crippen LogP contribution is -2.18. The fourth-order valence-corrected chi connectivity index (χ4v) is 3.50. The molecule has 0 saturated carbocycles. The van der Waals surface area contributed by atoms with Crippen LogP contribution in [0.2, 0.25) is 5.02 Å². The normalized spacial score (nSPS) is 11.9. The minimum atomic E-state index is 0.239. The van der Waals surface area contributed by atoms with E-state index in [4.69, 9.17) is 21.1 Å². The van der Waals surface area contributed by atoms with Gasteiger partial charge in [-0.2, -0.15) is 0 Å². The molecule has 3 aromatic carbocycles. The molecule has 0 saturated heterocycles. The molecular formula is C25H28ClNO2. The molecule has 0 aliphatic heterocycles. The van der Waals surface area contributed by atoms with Gasteiger partial charge in [-0.25, -0.2) is 0 Å². The predicted octanol–water partition coefficient (Wildman–Crippen LogP) is 6.48. The van der Waals surface area contributed by atoms with Crippen LogP contribution in [0.4, 0.5) is 0 Å². The lowest BCUT2D eigenvalue weighted by atomic mass is 10.1. The van der Waals surface area contributed by atoms with Crippen molar-refractivity contribution in [1.82, 2.24) is 5.32 Å². The Morgan fingerprint density at radius 3 is 2.45 bits per heavy atom. The van der Waals surface area contributed by atoms with E-state index in [0.717, 1.165) is 11.1 Å². The van der Waals surface area contributed by atoms with Gasteiger partial charge in [0.25, 0.3) is 0 Å². The summed E-state index contributed by atoms with van der Waals surface area (Å²) in [4.78, 5) is 0. The van der Waals surface area contributed by atoms with Gasteiger partial charge < -0.3 is 14.8 Å². The van der Waals surface area contributed by atoms with E-state index in [1.165, 1.54) is 11.1 Å². The standard InChI is InChI=1S/C25H28ClNO2/c1-4-28-24-15-21(16-27-19(3)22-11-6-5-7-12-22)14-23(26)25(24)29-17-20-10-8-9-18(2)13-20/h5-15,19,27H,4,16-17H2,1-3H3/t19-/m1/s1. The SMILES string of the molecule is CCOc1cc(CN[C@H](C)c2ccccc2)cc(Cl)c1OCc1cccc(C)c1. The lowest BCUT2D eigenvalue weighted by molar-refractivity contribution is 0.269. The molecule has 1 N–H and O–H groups in total. The van der Waals surface area contributed by atoms with Gasteiger partial charge in [0, 0.05) is 12.6 Å². The van der Waals surface area contributed by atoms with Crippen LogP contribution in [0.5, 0.6) is 11.5 Å². The average Bonchev–Trinajstić information content (AvgIpc) is 2.72. The zero-order chi connectivity index (χ0) is 20.6. The molecular weight excluding hydrogens is 382 g/mol. The summed E-state index contributed by atoms with van der Waals surface area (Å²) in [5.41, 5.74) is 4.62. The van der Waals surface area contributed by atoms with Crippen molar-refractivity contribution in [3.8, 4) is 11.5 Å². The number of halogens is 1. The number of ether oxygens (including phenoxy) is 2. The van der Waals surface area contributed by atoms with E-state index >= 15 is 0 Å². The van der Waals surface area contributed by atoms with Crippen molar-refractivity contribution >= 4 is 11.6 Å². The summed E-state index contributed by atoms with van der Waals surface area (Å²) in [6, 6.07) is 22.8. The Morgan fingerprint density at radius 2 is 1.72 bits per heavy atom. The van der Waals surface area contributed by atoms with Gasteiger partial charge in [0.05, 0.1) is 11.6 Å². The molecule has 152 valence electrons. The number of rotatable bonds is 9. The number of hydrogen-bond acceptors (Lipinski definition) is 3. The van der Waals surface area contributed by atoms with E-state index < -0.39 is 0 Å². The number of nitrogens with one attached hydrogen (secondary N) is 1. The molecule has 0 aliphatic rings. The molecule has 0 amide bonds. The molecule has 4 heteroatoms. The highest BCUT2D eigenvalue weighted by Gasteiger charge is 2.14. The molecule has 0 bridgehead atoms. The summed E-state index contributed by atoms with van der Waals surface area (Å²) in [5.74, 6) is 1.27. The Morgan fingerprint density at radius 1 is 0.931 bits per heavy atom. The Labute approximate surface area is 178 Å². The summed E-state index contributed by atoms with van der Waals surface area (Å²) >= 11 is 6.57. The molecule has 0 unspecified atom stereocenters. The van der Waals surface area contributed by atoms with Crippen LogP contribution in [0.15, 0.2) is 66.7 Å². The second kappa shape index (κ2) is 10.3.